The zero-order chi connectivity index (χ0) is 21.4. The first kappa shape index (κ1) is 19.6. The number of ether oxygens (including phenoxy) is 1. The molecule has 3 N–H and O–H groups in total. The molecule has 0 radical (unpaired) electrons. The summed E-state index contributed by atoms with van der Waals surface area (Å²) in [6, 6.07) is 22.9. The number of aromatic nitrogens is 2. The average Bonchev–Trinajstić information content (AvgIpc) is 3.38. The summed E-state index contributed by atoms with van der Waals surface area (Å²) >= 11 is 0. The van der Waals surface area contributed by atoms with E-state index in [4.69, 9.17) is 15.5 Å². The number of imidazole rings is 1. The number of benzene rings is 3. The molecule has 4 aromatic rings. The van der Waals surface area contributed by atoms with Crippen LogP contribution in [0, 0.1) is 0 Å². The Kier molecular flexibility index (Phi) is 4.87. The van der Waals surface area contributed by atoms with Crippen molar-refractivity contribution in [1.29, 1.82) is 0 Å². The molecule has 0 bridgehead atoms. The number of hydrogen-bond acceptors (Lipinski definition) is 3. The maximum Gasteiger partial charge on any atom is 0.138 e. The highest BCUT2D eigenvalue weighted by Gasteiger charge is 2.39. The topological polar surface area (TPSA) is 63.9 Å². The molecule has 156 valence electrons. The van der Waals surface area contributed by atoms with Crippen molar-refractivity contribution in [2.24, 2.45) is 5.73 Å². The molecule has 1 aliphatic rings. The van der Waals surface area contributed by atoms with E-state index in [1.165, 1.54) is 11.1 Å². The van der Waals surface area contributed by atoms with Crippen LogP contribution >= 0.6 is 0 Å². The fraction of sp³-hybridized carbons (Fsp3) is 0.222. The van der Waals surface area contributed by atoms with Gasteiger partial charge < -0.3 is 15.5 Å². The second-order valence-corrected chi connectivity index (χ2v) is 8.66. The number of rotatable bonds is 6. The lowest BCUT2D eigenvalue weighted by atomic mass is 10.0. The minimum Gasteiger partial charge on any atom is -0.491 e. The fourth-order valence-corrected chi connectivity index (χ4v) is 3.77. The molecular formula is C27H27N3O. The van der Waals surface area contributed by atoms with E-state index < -0.39 is 0 Å². The Bertz CT molecular complexity index is 1230. The zero-order valence-electron chi connectivity index (χ0n) is 17.9. The maximum atomic E-state index is 6.27. The molecule has 4 heteroatoms. The first-order chi connectivity index (χ1) is 15.0. The zero-order valence-corrected chi connectivity index (χ0v) is 17.9. The van der Waals surface area contributed by atoms with Gasteiger partial charge in [0.2, 0.25) is 0 Å². The van der Waals surface area contributed by atoms with E-state index in [1.807, 2.05) is 38.1 Å². The number of hydrogen-bond donors (Lipinski definition) is 2. The van der Waals surface area contributed by atoms with Crippen LogP contribution in [0.3, 0.4) is 0 Å². The van der Waals surface area contributed by atoms with Crippen LogP contribution in [0.15, 0.2) is 66.7 Å². The van der Waals surface area contributed by atoms with Crippen molar-refractivity contribution in [2.45, 2.75) is 38.3 Å². The highest BCUT2D eigenvalue weighted by atomic mass is 16.5. The lowest BCUT2D eigenvalue weighted by Crippen LogP contribution is -2.18. The van der Waals surface area contributed by atoms with Gasteiger partial charge in [0, 0.05) is 11.1 Å². The number of H-pyrrole nitrogens is 1. The van der Waals surface area contributed by atoms with E-state index in [0.29, 0.717) is 0 Å². The monoisotopic (exact) mass is 409 g/mol. The quantitative estimate of drug-likeness (QED) is 0.376. The Hall–Kier alpha value is -3.37. The third-order valence-electron chi connectivity index (χ3n) is 5.75. The second-order valence-electron chi connectivity index (χ2n) is 8.66. The molecule has 0 atom stereocenters. The van der Waals surface area contributed by atoms with Crippen LogP contribution in [-0.4, -0.2) is 16.1 Å². The van der Waals surface area contributed by atoms with Gasteiger partial charge in [0.15, 0.2) is 0 Å². The van der Waals surface area contributed by atoms with E-state index in [0.717, 1.165) is 46.6 Å². The van der Waals surface area contributed by atoms with Crippen molar-refractivity contribution in [1.82, 2.24) is 9.97 Å². The third-order valence-corrected chi connectivity index (χ3v) is 5.75. The molecule has 3 aromatic carbocycles. The van der Waals surface area contributed by atoms with Gasteiger partial charge in [-0.25, -0.2) is 4.98 Å². The van der Waals surface area contributed by atoms with Crippen LogP contribution in [0.25, 0.3) is 34.6 Å². The molecule has 0 saturated heterocycles. The van der Waals surface area contributed by atoms with Crippen LogP contribution in [0.1, 0.15) is 43.4 Å². The van der Waals surface area contributed by atoms with Crippen LogP contribution in [0.4, 0.5) is 0 Å². The third kappa shape index (κ3) is 4.25. The Morgan fingerprint density at radius 3 is 2.29 bits per heavy atom. The predicted molar refractivity (Wildman–Crippen MR) is 128 cm³/mol. The Balaban J connectivity index is 1.34. The van der Waals surface area contributed by atoms with Gasteiger partial charge in [0.1, 0.15) is 11.6 Å². The van der Waals surface area contributed by atoms with Gasteiger partial charge in [-0.2, -0.15) is 0 Å². The van der Waals surface area contributed by atoms with Crippen molar-refractivity contribution < 1.29 is 4.74 Å². The minimum atomic E-state index is -0.0767. The van der Waals surface area contributed by atoms with Crippen molar-refractivity contribution in [3.63, 3.8) is 0 Å². The number of aromatic amines is 1. The smallest absolute Gasteiger partial charge is 0.138 e. The molecule has 4 nitrogen and oxygen atoms in total. The van der Waals surface area contributed by atoms with Gasteiger partial charge in [-0.1, -0.05) is 42.5 Å². The maximum absolute atomic E-state index is 6.27. The summed E-state index contributed by atoms with van der Waals surface area (Å²) in [4.78, 5) is 8.20. The predicted octanol–water partition coefficient (Wildman–Crippen LogP) is 6.14. The molecule has 1 fully saturated rings. The largest absolute Gasteiger partial charge is 0.491 e. The Morgan fingerprint density at radius 1 is 0.935 bits per heavy atom. The molecule has 5 rings (SSSR count). The van der Waals surface area contributed by atoms with Gasteiger partial charge in [-0.15, -0.1) is 0 Å². The molecule has 1 aromatic heterocycles. The SMILES string of the molecule is CC(C)Oc1ccc(-c2nc3cc(/C=C\c4ccc(C5(N)CC5)cc4)ccc3[nH]2)cc1. The summed E-state index contributed by atoms with van der Waals surface area (Å²) in [5.74, 6) is 1.73. The number of fused-ring (bicyclic) bond motifs is 1. The van der Waals surface area contributed by atoms with Gasteiger partial charge >= 0.3 is 0 Å². The van der Waals surface area contributed by atoms with Crippen molar-refractivity contribution in [3.8, 4) is 17.1 Å². The summed E-state index contributed by atoms with van der Waals surface area (Å²) in [7, 11) is 0. The molecule has 1 aliphatic carbocycles. The van der Waals surface area contributed by atoms with Gasteiger partial charge in [0.25, 0.3) is 0 Å². The van der Waals surface area contributed by atoms with Crippen molar-refractivity contribution in [3.05, 3.63) is 83.4 Å². The van der Waals surface area contributed by atoms with Gasteiger partial charge in [0.05, 0.1) is 17.1 Å². The van der Waals surface area contributed by atoms with Crippen LogP contribution in [-0.2, 0) is 5.54 Å². The summed E-state index contributed by atoms with van der Waals surface area (Å²) in [5, 5.41) is 0. The molecule has 1 heterocycles. The van der Waals surface area contributed by atoms with Crippen LogP contribution < -0.4 is 10.5 Å². The molecule has 0 amide bonds. The highest BCUT2D eigenvalue weighted by molar-refractivity contribution is 5.83. The standard InChI is InChI=1S/C27H27N3O/c1-18(2)31-23-12-8-21(9-13-23)26-29-24-14-7-20(17-25(24)30-26)4-3-19-5-10-22(11-6-19)27(28)15-16-27/h3-14,17-18H,15-16,28H2,1-2H3,(H,29,30)/b4-3-. The van der Waals surface area contributed by atoms with E-state index in [2.05, 4.69) is 59.6 Å². The second kappa shape index (κ2) is 7.71. The first-order valence-electron chi connectivity index (χ1n) is 10.8. The molecule has 31 heavy (non-hydrogen) atoms. The fourth-order valence-electron chi connectivity index (χ4n) is 3.77. The summed E-state index contributed by atoms with van der Waals surface area (Å²) in [6.45, 7) is 4.05. The van der Waals surface area contributed by atoms with Crippen molar-refractivity contribution in [2.75, 3.05) is 0 Å². The molecule has 0 unspecified atom stereocenters. The van der Waals surface area contributed by atoms with E-state index in [9.17, 15) is 0 Å². The number of nitrogens with one attached hydrogen (secondary N) is 1. The van der Waals surface area contributed by atoms with E-state index in [-0.39, 0.29) is 11.6 Å². The lowest BCUT2D eigenvalue weighted by Gasteiger charge is -2.09. The summed E-state index contributed by atoms with van der Waals surface area (Å²) < 4.78 is 5.72. The molecular weight excluding hydrogens is 382 g/mol. The summed E-state index contributed by atoms with van der Waals surface area (Å²) in [6.07, 6.45) is 6.59. The molecule has 0 spiro atoms. The van der Waals surface area contributed by atoms with E-state index in [1.54, 1.807) is 0 Å². The first-order valence-corrected chi connectivity index (χ1v) is 10.8. The Labute approximate surface area is 182 Å². The van der Waals surface area contributed by atoms with Crippen LogP contribution in [0.2, 0.25) is 0 Å². The highest BCUT2D eigenvalue weighted by Crippen LogP contribution is 2.42. The van der Waals surface area contributed by atoms with Crippen LogP contribution in [0.5, 0.6) is 5.75 Å². The van der Waals surface area contributed by atoms with Gasteiger partial charge in [-0.3, -0.25) is 0 Å². The molecule has 0 aliphatic heterocycles. The van der Waals surface area contributed by atoms with E-state index >= 15 is 0 Å². The minimum absolute atomic E-state index is 0.0767. The number of nitrogens with two attached hydrogens (primary N) is 1. The average molecular weight is 410 g/mol. The van der Waals surface area contributed by atoms with Crippen molar-refractivity contribution >= 4 is 23.2 Å². The normalized spacial score (nSPS) is 15.1. The Morgan fingerprint density at radius 2 is 1.61 bits per heavy atom. The lowest BCUT2D eigenvalue weighted by molar-refractivity contribution is 0.242. The molecule has 1 saturated carbocycles. The summed E-state index contributed by atoms with van der Waals surface area (Å²) in [5.41, 5.74) is 12.7. The number of nitrogens with zero attached hydrogens (tertiary/aromatic N) is 1. The van der Waals surface area contributed by atoms with Gasteiger partial charge in [-0.05, 0) is 79.8 Å².